The van der Waals surface area contributed by atoms with E-state index >= 15 is 0 Å². The summed E-state index contributed by atoms with van der Waals surface area (Å²) in [7, 11) is 4.71. The zero-order valence-corrected chi connectivity index (χ0v) is 9.60. The Morgan fingerprint density at radius 3 is 2.60 bits per heavy atom. The number of carbonyl (C=O) groups excluding carboxylic acids is 1. The fourth-order valence-electron chi connectivity index (χ4n) is 0.877. The molecule has 0 saturated heterocycles. The molecule has 0 bridgehead atoms. The van der Waals surface area contributed by atoms with E-state index in [-0.39, 0.29) is 5.24 Å². The first-order valence-electron chi connectivity index (χ1n) is 4.27. The Balaban J connectivity index is 2.83. The summed E-state index contributed by atoms with van der Waals surface area (Å²) in [5, 5.41) is -0.209. The van der Waals surface area contributed by atoms with Crippen molar-refractivity contribution in [2.24, 2.45) is 0 Å². The van der Waals surface area contributed by atoms with Gasteiger partial charge in [-0.1, -0.05) is 0 Å². The van der Waals surface area contributed by atoms with E-state index in [0.717, 1.165) is 11.8 Å². The van der Waals surface area contributed by atoms with E-state index in [1.165, 1.54) is 24.1 Å². The summed E-state index contributed by atoms with van der Waals surface area (Å²) in [6, 6.07) is 4.40. The first-order chi connectivity index (χ1) is 7.04. The standard InChI is InChI=1S/C10H12FNO2S/c1-12(2)10(13)15-9-5-4-7(14-3)6-8(9)11/h4-6H,1-3H3. The normalized spacial score (nSPS) is 9.87. The molecular formula is C10H12FNO2S. The average Bonchev–Trinajstić information content (AvgIpc) is 2.20. The van der Waals surface area contributed by atoms with Gasteiger partial charge >= 0.3 is 0 Å². The molecule has 3 nitrogen and oxygen atoms in total. The predicted molar refractivity (Wildman–Crippen MR) is 57.9 cm³/mol. The Morgan fingerprint density at radius 1 is 1.47 bits per heavy atom. The minimum Gasteiger partial charge on any atom is -0.497 e. The van der Waals surface area contributed by atoms with Crippen molar-refractivity contribution in [1.82, 2.24) is 4.90 Å². The van der Waals surface area contributed by atoms with Crippen molar-refractivity contribution in [1.29, 1.82) is 0 Å². The van der Waals surface area contributed by atoms with E-state index in [9.17, 15) is 9.18 Å². The Bertz CT molecular complexity index is 368. The molecule has 1 aromatic rings. The highest BCUT2D eigenvalue weighted by molar-refractivity contribution is 8.13. The van der Waals surface area contributed by atoms with Gasteiger partial charge in [0.15, 0.2) is 0 Å². The van der Waals surface area contributed by atoms with E-state index in [1.54, 1.807) is 20.2 Å². The number of methoxy groups -OCH3 is 1. The number of carbonyl (C=O) groups is 1. The lowest BCUT2D eigenvalue weighted by Gasteiger charge is -2.09. The third-order valence-corrected chi connectivity index (χ3v) is 2.79. The van der Waals surface area contributed by atoms with Crippen molar-refractivity contribution in [3.05, 3.63) is 24.0 Å². The fourth-order valence-corrected chi connectivity index (χ4v) is 1.54. The summed E-state index contributed by atoms with van der Waals surface area (Å²) >= 11 is 0.854. The summed E-state index contributed by atoms with van der Waals surface area (Å²) in [4.78, 5) is 13.0. The molecule has 0 aliphatic heterocycles. The Kier molecular flexibility index (Phi) is 3.96. The molecule has 1 rings (SSSR count). The van der Waals surface area contributed by atoms with Crippen molar-refractivity contribution < 1.29 is 13.9 Å². The maximum Gasteiger partial charge on any atom is 0.286 e. The van der Waals surface area contributed by atoms with Gasteiger partial charge in [-0.2, -0.15) is 0 Å². The maximum atomic E-state index is 13.4. The van der Waals surface area contributed by atoms with Crippen molar-refractivity contribution in [3.63, 3.8) is 0 Å². The van der Waals surface area contributed by atoms with Gasteiger partial charge in [-0.15, -0.1) is 0 Å². The highest BCUT2D eigenvalue weighted by Crippen LogP contribution is 2.26. The van der Waals surface area contributed by atoms with Crippen molar-refractivity contribution in [2.45, 2.75) is 4.90 Å². The number of benzene rings is 1. The van der Waals surface area contributed by atoms with Crippen LogP contribution >= 0.6 is 11.8 Å². The molecule has 0 aliphatic carbocycles. The van der Waals surface area contributed by atoms with Gasteiger partial charge in [0.2, 0.25) is 0 Å². The number of hydrogen-bond acceptors (Lipinski definition) is 3. The molecule has 0 spiro atoms. The van der Waals surface area contributed by atoms with E-state index in [4.69, 9.17) is 4.74 Å². The lowest BCUT2D eigenvalue weighted by Crippen LogP contribution is -2.16. The Hall–Kier alpha value is -1.23. The Labute approximate surface area is 92.2 Å². The molecule has 0 radical (unpaired) electrons. The van der Waals surface area contributed by atoms with Gasteiger partial charge in [0.05, 0.1) is 12.0 Å². The zero-order valence-electron chi connectivity index (χ0n) is 8.78. The van der Waals surface area contributed by atoms with Crippen LogP contribution in [0.5, 0.6) is 5.75 Å². The molecule has 5 heteroatoms. The molecule has 0 aromatic heterocycles. The van der Waals surface area contributed by atoms with Crippen LogP contribution in [0.25, 0.3) is 0 Å². The second kappa shape index (κ2) is 5.02. The molecular weight excluding hydrogens is 217 g/mol. The molecule has 0 atom stereocenters. The van der Waals surface area contributed by atoms with Gasteiger partial charge in [-0.05, 0) is 23.9 Å². The minimum absolute atomic E-state index is 0.209. The third kappa shape index (κ3) is 3.13. The van der Waals surface area contributed by atoms with Crippen LogP contribution in [0.4, 0.5) is 9.18 Å². The first kappa shape index (κ1) is 11.8. The predicted octanol–water partition coefficient (Wildman–Crippen LogP) is 2.61. The minimum atomic E-state index is -0.449. The largest absolute Gasteiger partial charge is 0.497 e. The van der Waals surface area contributed by atoms with Gasteiger partial charge in [0.1, 0.15) is 11.6 Å². The van der Waals surface area contributed by atoms with Crippen molar-refractivity contribution in [3.8, 4) is 5.75 Å². The van der Waals surface area contributed by atoms with E-state index < -0.39 is 5.82 Å². The number of ether oxygens (including phenoxy) is 1. The highest BCUT2D eigenvalue weighted by atomic mass is 32.2. The third-order valence-electron chi connectivity index (χ3n) is 1.70. The van der Waals surface area contributed by atoms with Gasteiger partial charge in [0.25, 0.3) is 5.24 Å². The fraction of sp³-hybridized carbons (Fsp3) is 0.300. The molecule has 0 fully saturated rings. The molecule has 0 aliphatic rings. The average molecular weight is 229 g/mol. The smallest absolute Gasteiger partial charge is 0.286 e. The molecule has 0 N–H and O–H groups in total. The molecule has 0 unspecified atom stereocenters. The summed E-state index contributed by atoms with van der Waals surface area (Å²) < 4.78 is 18.2. The number of halogens is 1. The number of rotatable bonds is 2. The SMILES string of the molecule is COc1ccc(SC(=O)N(C)C)c(F)c1. The van der Waals surface area contributed by atoms with Gasteiger partial charge in [0, 0.05) is 20.2 Å². The van der Waals surface area contributed by atoms with Gasteiger partial charge < -0.3 is 9.64 Å². The summed E-state index contributed by atoms with van der Waals surface area (Å²) in [5.41, 5.74) is 0. The van der Waals surface area contributed by atoms with E-state index in [1.807, 2.05) is 0 Å². The van der Waals surface area contributed by atoms with Crippen LogP contribution in [0.1, 0.15) is 0 Å². The molecule has 82 valence electrons. The number of nitrogens with zero attached hydrogens (tertiary/aromatic N) is 1. The lowest BCUT2D eigenvalue weighted by molar-refractivity contribution is 0.241. The van der Waals surface area contributed by atoms with Crippen molar-refractivity contribution in [2.75, 3.05) is 21.2 Å². The summed E-state index contributed by atoms with van der Waals surface area (Å²) in [6.45, 7) is 0. The molecule has 0 heterocycles. The zero-order chi connectivity index (χ0) is 11.4. The summed E-state index contributed by atoms with van der Waals surface area (Å²) in [6.07, 6.45) is 0. The highest BCUT2D eigenvalue weighted by Gasteiger charge is 2.11. The molecule has 1 aromatic carbocycles. The van der Waals surface area contributed by atoms with E-state index in [0.29, 0.717) is 10.6 Å². The van der Waals surface area contributed by atoms with Gasteiger partial charge in [-0.3, -0.25) is 4.79 Å². The number of amides is 1. The van der Waals surface area contributed by atoms with E-state index in [2.05, 4.69) is 0 Å². The van der Waals surface area contributed by atoms with Crippen LogP contribution in [0.2, 0.25) is 0 Å². The van der Waals surface area contributed by atoms with Crippen LogP contribution < -0.4 is 4.74 Å². The monoisotopic (exact) mass is 229 g/mol. The lowest BCUT2D eigenvalue weighted by atomic mass is 10.3. The topological polar surface area (TPSA) is 29.5 Å². The van der Waals surface area contributed by atoms with Crippen LogP contribution in [0, 0.1) is 5.82 Å². The molecule has 1 amide bonds. The van der Waals surface area contributed by atoms with Gasteiger partial charge in [-0.25, -0.2) is 4.39 Å². The maximum absolute atomic E-state index is 13.4. The molecule has 0 saturated carbocycles. The summed E-state index contributed by atoms with van der Waals surface area (Å²) in [5.74, 6) is -0.0105. The Morgan fingerprint density at radius 2 is 2.13 bits per heavy atom. The molecule has 15 heavy (non-hydrogen) atoms. The van der Waals surface area contributed by atoms with Crippen LogP contribution in [-0.4, -0.2) is 31.3 Å². The number of thioether (sulfide) groups is 1. The quantitative estimate of drug-likeness (QED) is 0.730. The van der Waals surface area contributed by atoms with Crippen molar-refractivity contribution >= 4 is 17.0 Å². The van der Waals surface area contributed by atoms with Crippen LogP contribution in [0.3, 0.4) is 0 Å². The first-order valence-corrected chi connectivity index (χ1v) is 5.09. The second-order valence-corrected chi connectivity index (χ2v) is 4.05. The second-order valence-electron chi connectivity index (χ2n) is 3.06. The number of hydrogen-bond donors (Lipinski definition) is 0. The van der Waals surface area contributed by atoms with Crippen LogP contribution in [-0.2, 0) is 0 Å². The van der Waals surface area contributed by atoms with Crippen LogP contribution in [0.15, 0.2) is 23.1 Å².